The Hall–Kier alpha value is -4.10. The molecule has 7 heteroatoms. The Labute approximate surface area is 195 Å². The van der Waals surface area contributed by atoms with Crippen LogP contribution in [0.25, 0.3) is 0 Å². The van der Waals surface area contributed by atoms with Gasteiger partial charge in [0.2, 0.25) is 5.91 Å². The largest absolute Gasteiger partial charge is 0.456 e. The topological polar surface area (TPSA) is 76.6 Å². The van der Waals surface area contributed by atoms with E-state index in [1.165, 1.54) is 23.2 Å². The van der Waals surface area contributed by atoms with Gasteiger partial charge in [-0.05, 0) is 18.2 Å². The van der Waals surface area contributed by atoms with Crippen LogP contribution >= 0.6 is 11.3 Å². The number of carbonyl (C=O) groups is 3. The highest BCUT2D eigenvalue weighted by molar-refractivity contribution is 7.14. The lowest BCUT2D eigenvalue weighted by atomic mass is 9.98. The van der Waals surface area contributed by atoms with Crippen molar-refractivity contribution in [1.82, 2.24) is 4.98 Å². The summed E-state index contributed by atoms with van der Waals surface area (Å²) in [6.07, 6.45) is 0. The van der Waals surface area contributed by atoms with Gasteiger partial charge in [-0.15, -0.1) is 11.3 Å². The Morgan fingerprint density at radius 1 is 0.848 bits per heavy atom. The van der Waals surface area contributed by atoms with Crippen LogP contribution in [0.2, 0.25) is 0 Å². The molecule has 6 nitrogen and oxygen atoms in total. The average molecular weight is 457 g/mol. The number of para-hydroxylation sites is 1. The Bertz CT molecular complexity index is 1290. The third-order valence-electron chi connectivity index (χ3n) is 4.84. The van der Waals surface area contributed by atoms with Gasteiger partial charge < -0.3 is 4.74 Å². The maximum absolute atomic E-state index is 12.9. The van der Waals surface area contributed by atoms with Crippen LogP contribution in [0.3, 0.4) is 0 Å². The molecule has 0 unspecified atom stereocenters. The van der Waals surface area contributed by atoms with Crippen LogP contribution < -0.4 is 4.90 Å². The summed E-state index contributed by atoms with van der Waals surface area (Å²) in [5, 5.41) is 2.22. The Balaban J connectivity index is 1.49. The number of aromatic nitrogens is 1. The van der Waals surface area contributed by atoms with Crippen LogP contribution in [0, 0.1) is 0 Å². The molecule has 33 heavy (non-hydrogen) atoms. The maximum Gasteiger partial charge on any atom is 0.339 e. The summed E-state index contributed by atoms with van der Waals surface area (Å²) >= 11 is 1.28. The number of benzene rings is 3. The summed E-state index contributed by atoms with van der Waals surface area (Å²) in [4.78, 5) is 43.8. The molecule has 0 N–H and O–H groups in total. The average Bonchev–Trinajstić information content (AvgIpc) is 3.31. The van der Waals surface area contributed by atoms with Gasteiger partial charge in [0.15, 0.2) is 10.9 Å². The van der Waals surface area contributed by atoms with Crippen molar-refractivity contribution >= 4 is 39.8 Å². The lowest BCUT2D eigenvalue weighted by Gasteiger charge is -2.17. The highest BCUT2D eigenvalue weighted by Gasteiger charge is 2.21. The zero-order valence-electron chi connectivity index (χ0n) is 17.8. The molecule has 0 aliphatic carbocycles. The first kappa shape index (κ1) is 22.1. The summed E-state index contributed by atoms with van der Waals surface area (Å²) in [5.74, 6) is -1.04. The van der Waals surface area contributed by atoms with Gasteiger partial charge in [0.25, 0.3) is 0 Å². The van der Waals surface area contributed by atoms with Gasteiger partial charge in [0.1, 0.15) is 6.61 Å². The minimum Gasteiger partial charge on any atom is -0.456 e. The van der Waals surface area contributed by atoms with Gasteiger partial charge in [-0.2, -0.15) is 0 Å². The summed E-state index contributed by atoms with van der Waals surface area (Å²) in [7, 11) is 0. The second-order valence-corrected chi connectivity index (χ2v) is 7.96. The van der Waals surface area contributed by atoms with Crippen LogP contribution in [0.5, 0.6) is 0 Å². The number of hydrogen-bond acceptors (Lipinski definition) is 6. The first-order valence-corrected chi connectivity index (χ1v) is 11.1. The molecule has 0 radical (unpaired) electrons. The SMILES string of the molecule is CC(=O)N(c1ccccc1)c1nc(COC(=O)c2ccccc2C(=O)c2ccccc2)cs1. The Morgan fingerprint density at radius 2 is 1.45 bits per heavy atom. The normalized spacial score (nSPS) is 10.5. The van der Waals surface area contributed by atoms with Crippen LogP contribution in [-0.2, 0) is 16.1 Å². The summed E-state index contributed by atoms with van der Waals surface area (Å²) in [6, 6.07) is 24.5. The van der Waals surface area contributed by atoms with E-state index in [1.54, 1.807) is 53.9 Å². The number of ether oxygens (including phenoxy) is 1. The third-order valence-corrected chi connectivity index (χ3v) is 5.71. The highest BCUT2D eigenvalue weighted by atomic mass is 32.1. The maximum atomic E-state index is 12.9. The smallest absolute Gasteiger partial charge is 0.339 e. The van der Waals surface area contributed by atoms with Gasteiger partial charge in [0.05, 0.1) is 16.9 Å². The second-order valence-electron chi connectivity index (χ2n) is 7.13. The molecule has 0 fully saturated rings. The monoisotopic (exact) mass is 456 g/mol. The minimum absolute atomic E-state index is 0.0796. The zero-order valence-corrected chi connectivity index (χ0v) is 18.6. The van der Waals surface area contributed by atoms with Crippen LogP contribution in [0.15, 0.2) is 90.3 Å². The van der Waals surface area contributed by atoms with E-state index in [0.717, 1.165) is 0 Å². The molecule has 164 valence electrons. The van der Waals surface area contributed by atoms with Gasteiger partial charge in [-0.3, -0.25) is 14.5 Å². The van der Waals surface area contributed by atoms with E-state index in [4.69, 9.17) is 4.74 Å². The predicted molar refractivity (Wildman–Crippen MR) is 127 cm³/mol. The highest BCUT2D eigenvalue weighted by Crippen LogP contribution is 2.29. The molecule has 1 heterocycles. The first-order valence-electron chi connectivity index (χ1n) is 10.2. The number of esters is 1. The number of hydrogen-bond donors (Lipinski definition) is 0. The van der Waals surface area contributed by atoms with E-state index in [2.05, 4.69) is 4.98 Å². The molecule has 3 aromatic carbocycles. The van der Waals surface area contributed by atoms with Crippen molar-refractivity contribution in [3.63, 3.8) is 0 Å². The van der Waals surface area contributed by atoms with Crippen molar-refractivity contribution in [2.45, 2.75) is 13.5 Å². The number of nitrogens with zero attached hydrogens (tertiary/aromatic N) is 2. The van der Waals surface area contributed by atoms with Gasteiger partial charge in [-0.1, -0.05) is 66.7 Å². The quantitative estimate of drug-likeness (QED) is 0.274. The van der Waals surface area contributed by atoms with E-state index in [0.29, 0.717) is 22.1 Å². The number of amides is 1. The fraction of sp³-hybridized carbons (Fsp3) is 0.0769. The number of rotatable bonds is 7. The summed E-state index contributed by atoms with van der Waals surface area (Å²) in [5.41, 5.74) is 2.18. The van der Waals surface area contributed by atoms with Crippen molar-refractivity contribution < 1.29 is 19.1 Å². The molecule has 1 aromatic heterocycles. The molecule has 0 atom stereocenters. The van der Waals surface area contributed by atoms with E-state index < -0.39 is 5.97 Å². The molecule has 4 aromatic rings. The second kappa shape index (κ2) is 10.0. The Morgan fingerprint density at radius 3 is 2.12 bits per heavy atom. The molecule has 4 rings (SSSR count). The third kappa shape index (κ3) is 5.05. The standard InChI is InChI=1S/C26H20N2O4S/c1-18(29)28(21-12-6-3-7-13-21)26-27-20(17-33-26)16-32-25(31)23-15-9-8-14-22(23)24(30)19-10-4-2-5-11-19/h2-15,17H,16H2,1H3. The molecular formula is C26H20N2O4S. The molecule has 1 amide bonds. The van der Waals surface area contributed by atoms with E-state index >= 15 is 0 Å². The van der Waals surface area contributed by atoms with Gasteiger partial charge in [0, 0.05) is 23.4 Å². The van der Waals surface area contributed by atoms with Crippen molar-refractivity contribution in [2.24, 2.45) is 0 Å². The fourth-order valence-corrected chi connectivity index (χ4v) is 4.16. The lowest BCUT2D eigenvalue weighted by molar-refractivity contribution is -0.115. The zero-order chi connectivity index (χ0) is 23.2. The molecule has 0 saturated carbocycles. The summed E-state index contributed by atoms with van der Waals surface area (Å²) < 4.78 is 5.45. The van der Waals surface area contributed by atoms with Crippen LogP contribution in [-0.4, -0.2) is 22.6 Å². The van der Waals surface area contributed by atoms with Crippen molar-refractivity contribution in [2.75, 3.05) is 4.90 Å². The molecular weight excluding hydrogens is 436 g/mol. The van der Waals surface area contributed by atoms with Crippen molar-refractivity contribution in [3.05, 3.63) is 113 Å². The van der Waals surface area contributed by atoms with E-state index in [-0.39, 0.29) is 29.4 Å². The van der Waals surface area contributed by atoms with Gasteiger partial charge >= 0.3 is 5.97 Å². The fourth-order valence-electron chi connectivity index (χ4n) is 3.29. The molecule has 0 spiro atoms. The van der Waals surface area contributed by atoms with Crippen molar-refractivity contribution in [3.8, 4) is 0 Å². The molecule has 0 saturated heterocycles. The van der Waals surface area contributed by atoms with Crippen LogP contribution in [0.1, 0.15) is 38.9 Å². The van der Waals surface area contributed by atoms with E-state index in [1.807, 2.05) is 36.4 Å². The van der Waals surface area contributed by atoms with Crippen LogP contribution in [0.4, 0.5) is 10.8 Å². The first-order chi connectivity index (χ1) is 16.0. The number of anilines is 2. The Kier molecular flexibility index (Phi) is 6.71. The molecule has 0 aliphatic heterocycles. The predicted octanol–water partition coefficient (Wildman–Crippen LogP) is 5.42. The van der Waals surface area contributed by atoms with Crippen molar-refractivity contribution in [1.29, 1.82) is 0 Å². The van der Waals surface area contributed by atoms with Gasteiger partial charge in [-0.25, -0.2) is 9.78 Å². The minimum atomic E-state index is -0.615. The molecule has 0 aliphatic rings. The number of carbonyl (C=O) groups excluding carboxylic acids is 3. The molecule has 0 bridgehead atoms. The summed E-state index contributed by atoms with van der Waals surface area (Å²) in [6.45, 7) is 1.39. The van der Waals surface area contributed by atoms with E-state index in [9.17, 15) is 14.4 Å². The number of ketones is 1. The number of thiazole rings is 1. The lowest BCUT2D eigenvalue weighted by Crippen LogP contribution is -2.22.